The van der Waals surface area contributed by atoms with Gasteiger partial charge in [-0.25, -0.2) is 4.98 Å². The highest BCUT2D eigenvalue weighted by Crippen LogP contribution is 2.28. The van der Waals surface area contributed by atoms with Gasteiger partial charge >= 0.3 is 0 Å². The van der Waals surface area contributed by atoms with Crippen molar-refractivity contribution in [3.05, 3.63) is 100 Å². The maximum atomic E-state index is 9.60. The van der Waals surface area contributed by atoms with Crippen LogP contribution >= 0.6 is 15.9 Å². The molecule has 4 nitrogen and oxygen atoms in total. The van der Waals surface area contributed by atoms with Gasteiger partial charge in [-0.1, -0.05) is 48.5 Å². The number of nitrogens with zero attached hydrogens (tertiary/aromatic N) is 3. The van der Waals surface area contributed by atoms with Crippen LogP contribution in [0.25, 0.3) is 17.1 Å². The van der Waals surface area contributed by atoms with Gasteiger partial charge in [-0.2, -0.15) is 5.26 Å². The Bertz CT molecular complexity index is 1210. The molecule has 3 aromatic carbocycles. The number of rotatable bonds is 6. The van der Waals surface area contributed by atoms with Crippen LogP contribution in [-0.2, 0) is 13.2 Å². The topological polar surface area (TPSA) is 50.8 Å². The standard InChI is InChI=1S/C24H18BrN3O/c25-21-13-19(10-11-24(21)29-16-18-6-2-1-3-7-18)12-20(14-26)15-28-17-27-22-8-4-5-9-23(22)28/h1-13,17H,15-16H2/b20-12-. The molecular weight excluding hydrogens is 426 g/mol. The molecule has 4 aromatic rings. The zero-order valence-corrected chi connectivity index (χ0v) is 17.2. The van der Waals surface area contributed by atoms with E-state index in [2.05, 4.69) is 27.0 Å². The van der Waals surface area contributed by atoms with Crippen LogP contribution in [-0.4, -0.2) is 9.55 Å². The number of halogens is 1. The molecule has 0 amide bonds. The monoisotopic (exact) mass is 443 g/mol. The summed E-state index contributed by atoms with van der Waals surface area (Å²) in [7, 11) is 0. The van der Waals surface area contributed by atoms with Gasteiger partial charge in [0.25, 0.3) is 0 Å². The van der Waals surface area contributed by atoms with E-state index < -0.39 is 0 Å². The molecule has 0 fully saturated rings. The van der Waals surface area contributed by atoms with Crippen LogP contribution in [0.4, 0.5) is 0 Å². The summed E-state index contributed by atoms with van der Waals surface area (Å²) in [4.78, 5) is 4.39. The second kappa shape index (κ2) is 8.76. The molecule has 1 heterocycles. The summed E-state index contributed by atoms with van der Waals surface area (Å²) < 4.78 is 8.73. The number of hydrogen-bond acceptors (Lipinski definition) is 3. The van der Waals surface area contributed by atoms with E-state index in [0.717, 1.165) is 32.4 Å². The molecular formula is C24H18BrN3O. The van der Waals surface area contributed by atoms with E-state index >= 15 is 0 Å². The molecule has 0 radical (unpaired) electrons. The van der Waals surface area contributed by atoms with Crippen molar-refractivity contribution in [1.82, 2.24) is 9.55 Å². The normalized spacial score (nSPS) is 11.4. The van der Waals surface area contributed by atoms with Gasteiger partial charge in [0, 0.05) is 5.57 Å². The molecule has 0 spiro atoms. The lowest BCUT2D eigenvalue weighted by molar-refractivity contribution is 0.304. The van der Waals surface area contributed by atoms with Crippen molar-refractivity contribution in [2.24, 2.45) is 0 Å². The van der Waals surface area contributed by atoms with Gasteiger partial charge in [-0.05, 0) is 57.4 Å². The van der Waals surface area contributed by atoms with Gasteiger partial charge in [-0.3, -0.25) is 0 Å². The Morgan fingerprint density at radius 2 is 1.86 bits per heavy atom. The fourth-order valence-electron chi connectivity index (χ4n) is 3.09. The molecule has 0 bridgehead atoms. The fraction of sp³-hybridized carbons (Fsp3) is 0.0833. The number of hydrogen-bond donors (Lipinski definition) is 0. The number of allylic oxidation sites excluding steroid dienone is 1. The summed E-state index contributed by atoms with van der Waals surface area (Å²) in [5.74, 6) is 0.769. The number of para-hydroxylation sites is 2. The summed E-state index contributed by atoms with van der Waals surface area (Å²) in [5.41, 5.74) is 4.64. The number of aromatic nitrogens is 2. The van der Waals surface area contributed by atoms with E-state index in [1.165, 1.54) is 0 Å². The minimum atomic E-state index is 0.473. The summed E-state index contributed by atoms with van der Waals surface area (Å²) in [6.07, 6.45) is 3.66. The number of nitriles is 1. The lowest BCUT2D eigenvalue weighted by atomic mass is 10.1. The number of ether oxygens (including phenoxy) is 1. The quantitative estimate of drug-likeness (QED) is 0.344. The van der Waals surface area contributed by atoms with Crippen LogP contribution in [0, 0.1) is 11.3 Å². The Balaban J connectivity index is 1.50. The van der Waals surface area contributed by atoms with Crippen molar-refractivity contribution in [2.75, 3.05) is 0 Å². The Kier molecular flexibility index (Phi) is 5.73. The van der Waals surface area contributed by atoms with Gasteiger partial charge in [0.2, 0.25) is 0 Å². The zero-order chi connectivity index (χ0) is 20.1. The Morgan fingerprint density at radius 3 is 2.66 bits per heavy atom. The average molecular weight is 444 g/mol. The van der Waals surface area contributed by atoms with Crippen molar-refractivity contribution in [1.29, 1.82) is 5.26 Å². The van der Waals surface area contributed by atoms with Gasteiger partial charge in [0.1, 0.15) is 12.4 Å². The SMILES string of the molecule is N#C/C(=C/c1ccc(OCc2ccccc2)c(Br)c1)Cn1cnc2ccccc21. The third-order valence-electron chi connectivity index (χ3n) is 4.55. The first-order chi connectivity index (χ1) is 14.2. The van der Waals surface area contributed by atoms with E-state index in [9.17, 15) is 5.26 Å². The third-order valence-corrected chi connectivity index (χ3v) is 5.17. The number of benzene rings is 3. The van der Waals surface area contributed by atoms with Crippen LogP contribution in [0.3, 0.4) is 0 Å². The van der Waals surface area contributed by atoms with Gasteiger partial charge < -0.3 is 9.30 Å². The predicted molar refractivity (Wildman–Crippen MR) is 118 cm³/mol. The van der Waals surface area contributed by atoms with Crippen LogP contribution < -0.4 is 4.74 Å². The lowest BCUT2D eigenvalue weighted by Crippen LogP contribution is -1.98. The van der Waals surface area contributed by atoms with Gasteiger partial charge in [0.05, 0.1) is 34.4 Å². The molecule has 0 aliphatic heterocycles. The van der Waals surface area contributed by atoms with Crippen LogP contribution in [0.2, 0.25) is 0 Å². The molecule has 0 atom stereocenters. The zero-order valence-electron chi connectivity index (χ0n) is 15.6. The number of fused-ring (bicyclic) bond motifs is 1. The Morgan fingerprint density at radius 1 is 1.07 bits per heavy atom. The van der Waals surface area contributed by atoms with Gasteiger partial charge in [-0.15, -0.1) is 0 Å². The molecule has 0 saturated heterocycles. The van der Waals surface area contributed by atoms with E-state index in [0.29, 0.717) is 18.7 Å². The van der Waals surface area contributed by atoms with Crippen molar-refractivity contribution in [3.63, 3.8) is 0 Å². The summed E-state index contributed by atoms with van der Waals surface area (Å²) in [6.45, 7) is 0.979. The minimum Gasteiger partial charge on any atom is -0.488 e. The highest BCUT2D eigenvalue weighted by molar-refractivity contribution is 9.10. The van der Waals surface area contributed by atoms with Crippen molar-refractivity contribution < 1.29 is 4.74 Å². The first-order valence-electron chi connectivity index (χ1n) is 9.20. The molecule has 1 aromatic heterocycles. The first kappa shape index (κ1) is 19.0. The number of imidazole rings is 1. The van der Waals surface area contributed by atoms with Crippen molar-refractivity contribution in [2.45, 2.75) is 13.2 Å². The van der Waals surface area contributed by atoms with E-state index in [-0.39, 0.29) is 0 Å². The molecule has 4 rings (SSSR count). The second-order valence-electron chi connectivity index (χ2n) is 6.61. The highest BCUT2D eigenvalue weighted by atomic mass is 79.9. The Hall–Kier alpha value is -3.36. The predicted octanol–water partition coefficient (Wildman–Crippen LogP) is 5.98. The molecule has 0 saturated carbocycles. The van der Waals surface area contributed by atoms with E-state index in [1.807, 2.05) is 83.4 Å². The molecule has 0 aliphatic carbocycles. The fourth-order valence-corrected chi connectivity index (χ4v) is 3.60. The maximum absolute atomic E-state index is 9.60. The highest BCUT2D eigenvalue weighted by Gasteiger charge is 2.06. The second-order valence-corrected chi connectivity index (χ2v) is 7.46. The third kappa shape index (κ3) is 4.56. The molecule has 29 heavy (non-hydrogen) atoms. The molecule has 142 valence electrons. The van der Waals surface area contributed by atoms with Crippen molar-refractivity contribution in [3.8, 4) is 11.8 Å². The molecule has 0 aliphatic rings. The van der Waals surface area contributed by atoms with E-state index in [1.54, 1.807) is 6.33 Å². The molecule has 5 heteroatoms. The average Bonchev–Trinajstić information content (AvgIpc) is 3.16. The van der Waals surface area contributed by atoms with Gasteiger partial charge in [0.15, 0.2) is 0 Å². The largest absolute Gasteiger partial charge is 0.488 e. The Labute approximate surface area is 177 Å². The molecule has 0 N–H and O–H groups in total. The smallest absolute Gasteiger partial charge is 0.134 e. The van der Waals surface area contributed by atoms with Crippen LogP contribution in [0.5, 0.6) is 5.75 Å². The summed E-state index contributed by atoms with van der Waals surface area (Å²) >= 11 is 3.57. The minimum absolute atomic E-state index is 0.473. The van der Waals surface area contributed by atoms with Crippen molar-refractivity contribution >= 4 is 33.0 Å². The summed E-state index contributed by atoms with van der Waals surface area (Å²) in [5, 5.41) is 9.60. The van der Waals surface area contributed by atoms with Crippen LogP contribution in [0.1, 0.15) is 11.1 Å². The summed E-state index contributed by atoms with van der Waals surface area (Å²) in [6, 6.07) is 26.1. The maximum Gasteiger partial charge on any atom is 0.134 e. The first-order valence-corrected chi connectivity index (χ1v) is 9.99. The molecule has 0 unspecified atom stereocenters. The van der Waals surface area contributed by atoms with Crippen LogP contribution in [0.15, 0.2) is 89.2 Å². The van der Waals surface area contributed by atoms with E-state index in [4.69, 9.17) is 4.74 Å². The lowest BCUT2D eigenvalue weighted by Gasteiger charge is -2.09.